The molecule has 2 aromatic heterocycles. The summed E-state index contributed by atoms with van der Waals surface area (Å²) in [6.45, 7) is 0. The van der Waals surface area contributed by atoms with E-state index in [0.717, 1.165) is 23.1 Å². The van der Waals surface area contributed by atoms with E-state index in [1.165, 1.54) is 11.3 Å². The first-order valence-electron chi connectivity index (χ1n) is 5.41. The molecule has 19 heavy (non-hydrogen) atoms. The Labute approximate surface area is 111 Å². The van der Waals surface area contributed by atoms with Gasteiger partial charge in [-0.1, -0.05) is 11.2 Å². The number of hydrogen-bond acceptors (Lipinski definition) is 4. The van der Waals surface area contributed by atoms with Crippen LogP contribution in [-0.4, -0.2) is 5.16 Å². The van der Waals surface area contributed by atoms with Crippen LogP contribution in [0.5, 0.6) is 0 Å². The number of nitrogens with zero attached hydrogens (tertiary/aromatic N) is 1. The van der Waals surface area contributed by atoms with E-state index in [0.29, 0.717) is 5.56 Å². The highest BCUT2D eigenvalue weighted by Crippen LogP contribution is 2.39. The molecule has 2 N–H and O–H groups in total. The predicted molar refractivity (Wildman–Crippen MR) is 69.6 cm³/mol. The van der Waals surface area contributed by atoms with Crippen LogP contribution in [0.1, 0.15) is 0 Å². The fraction of sp³-hybridized carbons (Fsp3) is 0. The van der Waals surface area contributed by atoms with Crippen LogP contribution in [-0.2, 0) is 0 Å². The lowest BCUT2D eigenvalue weighted by Crippen LogP contribution is -1.89. The van der Waals surface area contributed by atoms with Crippen molar-refractivity contribution in [1.82, 2.24) is 5.16 Å². The number of nitrogens with two attached hydrogens (primary N) is 1. The molecule has 0 saturated heterocycles. The van der Waals surface area contributed by atoms with Gasteiger partial charge in [-0.3, -0.25) is 0 Å². The molecule has 1 aromatic carbocycles. The molecule has 96 valence electrons. The summed E-state index contributed by atoms with van der Waals surface area (Å²) in [5, 5.41) is 5.60. The molecule has 3 nitrogen and oxygen atoms in total. The first kappa shape index (κ1) is 11.9. The summed E-state index contributed by atoms with van der Waals surface area (Å²) in [6, 6.07) is 6.82. The second-order valence-corrected chi connectivity index (χ2v) is 4.82. The third-order valence-corrected chi connectivity index (χ3v) is 3.56. The van der Waals surface area contributed by atoms with E-state index in [4.69, 9.17) is 10.3 Å². The Hall–Kier alpha value is -2.21. The average molecular weight is 278 g/mol. The Bertz CT molecular complexity index is 722. The SMILES string of the molecule is Nc1onc(-c2cc(F)ccc2F)c1-c1cccs1. The maximum absolute atomic E-state index is 13.8. The summed E-state index contributed by atoms with van der Waals surface area (Å²) in [7, 11) is 0. The number of aromatic nitrogens is 1. The topological polar surface area (TPSA) is 52.0 Å². The maximum Gasteiger partial charge on any atom is 0.231 e. The van der Waals surface area contributed by atoms with Gasteiger partial charge in [-0.05, 0) is 29.6 Å². The van der Waals surface area contributed by atoms with Crippen LogP contribution in [0, 0.1) is 11.6 Å². The Morgan fingerprint density at radius 2 is 2.05 bits per heavy atom. The minimum Gasteiger partial charge on any atom is -0.367 e. The molecule has 0 radical (unpaired) electrons. The van der Waals surface area contributed by atoms with Crippen molar-refractivity contribution >= 4 is 17.2 Å². The minimum absolute atomic E-state index is 0.0313. The van der Waals surface area contributed by atoms with E-state index in [1.807, 2.05) is 17.5 Å². The first-order chi connectivity index (χ1) is 9.16. The van der Waals surface area contributed by atoms with E-state index < -0.39 is 11.6 Å². The van der Waals surface area contributed by atoms with Crippen molar-refractivity contribution in [2.75, 3.05) is 5.73 Å². The van der Waals surface area contributed by atoms with Crippen LogP contribution < -0.4 is 5.73 Å². The van der Waals surface area contributed by atoms with Gasteiger partial charge in [-0.25, -0.2) is 8.78 Å². The molecule has 0 unspecified atom stereocenters. The number of rotatable bonds is 2. The second-order valence-electron chi connectivity index (χ2n) is 3.87. The van der Waals surface area contributed by atoms with Crippen LogP contribution in [0.3, 0.4) is 0 Å². The Morgan fingerprint density at radius 3 is 2.79 bits per heavy atom. The van der Waals surface area contributed by atoms with Crippen molar-refractivity contribution in [3.8, 4) is 21.7 Å². The summed E-state index contributed by atoms with van der Waals surface area (Å²) >= 11 is 1.42. The van der Waals surface area contributed by atoms with Crippen LogP contribution >= 0.6 is 11.3 Å². The fourth-order valence-electron chi connectivity index (χ4n) is 1.82. The zero-order chi connectivity index (χ0) is 13.4. The molecule has 3 aromatic rings. The number of hydrogen-bond donors (Lipinski definition) is 1. The lowest BCUT2D eigenvalue weighted by Gasteiger charge is -2.02. The second kappa shape index (κ2) is 4.47. The van der Waals surface area contributed by atoms with Crippen LogP contribution in [0.4, 0.5) is 14.7 Å². The fourth-order valence-corrected chi connectivity index (χ4v) is 2.60. The highest BCUT2D eigenvalue weighted by molar-refractivity contribution is 7.13. The van der Waals surface area contributed by atoms with Crippen molar-refractivity contribution in [1.29, 1.82) is 0 Å². The zero-order valence-electron chi connectivity index (χ0n) is 9.56. The monoisotopic (exact) mass is 278 g/mol. The van der Waals surface area contributed by atoms with Gasteiger partial charge in [-0.2, -0.15) is 0 Å². The number of thiophene rings is 1. The Morgan fingerprint density at radius 1 is 1.21 bits per heavy atom. The highest BCUT2D eigenvalue weighted by atomic mass is 32.1. The van der Waals surface area contributed by atoms with Crippen molar-refractivity contribution in [3.63, 3.8) is 0 Å². The maximum atomic E-state index is 13.8. The van der Waals surface area contributed by atoms with Gasteiger partial charge in [-0.15, -0.1) is 11.3 Å². The van der Waals surface area contributed by atoms with Crippen molar-refractivity contribution in [3.05, 3.63) is 47.3 Å². The van der Waals surface area contributed by atoms with Gasteiger partial charge in [0, 0.05) is 10.4 Å². The molecular formula is C13H8F2N2OS. The van der Waals surface area contributed by atoms with Crippen molar-refractivity contribution < 1.29 is 13.3 Å². The Balaban J connectivity index is 2.24. The minimum atomic E-state index is -0.576. The molecule has 0 bridgehead atoms. The normalized spacial score (nSPS) is 10.8. The molecule has 0 fully saturated rings. The predicted octanol–water partition coefficient (Wildman–Crippen LogP) is 3.93. The quantitative estimate of drug-likeness (QED) is 0.772. The van der Waals surface area contributed by atoms with Gasteiger partial charge in [0.2, 0.25) is 5.88 Å². The van der Waals surface area contributed by atoms with Crippen molar-refractivity contribution in [2.45, 2.75) is 0 Å². The molecule has 0 aliphatic carbocycles. The van der Waals surface area contributed by atoms with Gasteiger partial charge in [0.1, 0.15) is 17.3 Å². The molecule has 3 rings (SSSR count). The summed E-state index contributed by atoms with van der Waals surface area (Å²) in [5.74, 6) is -1.04. The molecule has 2 heterocycles. The molecule has 0 atom stereocenters. The van der Waals surface area contributed by atoms with E-state index in [1.54, 1.807) is 0 Å². The molecule has 0 spiro atoms. The lowest BCUT2D eigenvalue weighted by atomic mass is 10.1. The zero-order valence-corrected chi connectivity index (χ0v) is 10.4. The average Bonchev–Trinajstić information content (AvgIpc) is 3.01. The lowest BCUT2D eigenvalue weighted by molar-refractivity contribution is 0.439. The molecule has 0 amide bonds. The van der Waals surface area contributed by atoms with Gasteiger partial charge in [0.15, 0.2) is 0 Å². The van der Waals surface area contributed by atoms with Crippen LogP contribution in [0.15, 0.2) is 40.2 Å². The van der Waals surface area contributed by atoms with E-state index in [-0.39, 0.29) is 17.1 Å². The van der Waals surface area contributed by atoms with Crippen molar-refractivity contribution in [2.24, 2.45) is 0 Å². The molecule has 6 heteroatoms. The summed E-state index contributed by atoms with van der Waals surface area (Å²) in [4.78, 5) is 0.789. The van der Waals surface area contributed by atoms with Gasteiger partial charge in [0.05, 0.1) is 5.56 Å². The first-order valence-corrected chi connectivity index (χ1v) is 6.29. The van der Waals surface area contributed by atoms with Gasteiger partial charge in [0.25, 0.3) is 0 Å². The smallest absolute Gasteiger partial charge is 0.231 e. The van der Waals surface area contributed by atoms with E-state index in [9.17, 15) is 8.78 Å². The Kier molecular flexibility index (Phi) is 2.79. The van der Waals surface area contributed by atoms with Gasteiger partial charge >= 0.3 is 0 Å². The van der Waals surface area contributed by atoms with E-state index in [2.05, 4.69) is 5.16 Å². The number of nitrogen functional groups attached to an aromatic ring is 1. The standard InChI is InChI=1S/C13H8F2N2OS/c14-7-3-4-9(15)8(6-7)12-11(13(16)18-17-12)10-2-1-5-19-10/h1-6H,16H2. The van der Waals surface area contributed by atoms with Gasteiger partial charge < -0.3 is 10.3 Å². The number of benzene rings is 1. The highest BCUT2D eigenvalue weighted by Gasteiger charge is 2.21. The third-order valence-electron chi connectivity index (χ3n) is 2.67. The number of halogens is 2. The molecule has 0 saturated carbocycles. The molecule has 0 aliphatic heterocycles. The van der Waals surface area contributed by atoms with Crippen LogP contribution in [0.25, 0.3) is 21.7 Å². The summed E-state index contributed by atoms with van der Waals surface area (Å²) < 4.78 is 32.0. The van der Waals surface area contributed by atoms with Crippen LogP contribution in [0.2, 0.25) is 0 Å². The summed E-state index contributed by atoms with van der Waals surface area (Å²) in [5.41, 5.74) is 6.44. The number of anilines is 1. The summed E-state index contributed by atoms with van der Waals surface area (Å²) in [6.07, 6.45) is 0. The molecule has 0 aliphatic rings. The van der Waals surface area contributed by atoms with E-state index >= 15 is 0 Å². The largest absolute Gasteiger partial charge is 0.367 e. The molecular weight excluding hydrogens is 270 g/mol. The third kappa shape index (κ3) is 2.00.